The lowest BCUT2D eigenvalue weighted by Crippen LogP contribution is -2.45. The fourth-order valence-electron chi connectivity index (χ4n) is 2.80. The van der Waals surface area contributed by atoms with Gasteiger partial charge in [-0.2, -0.15) is 5.10 Å². The molecule has 108 valence electrons. The van der Waals surface area contributed by atoms with Crippen LogP contribution in [0.5, 0.6) is 0 Å². The van der Waals surface area contributed by atoms with E-state index in [1.165, 1.54) is 12.1 Å². The first-order valence-corrected chi connectivity index (χ1v) is 7.37. The molecule has 19 heavy (non-hydrogen) atoms. The molecule has 1 saturated heterocycles. The van der Waals surface area contributed by atoms with Gasteiger partial charge in [-0.1, -0.05) is 6.92 Å². The summed E-state index contributed by atoms with van der Waals surface area (Å²) in [5.74, 6) is 6.25. The molecule has 1 aromatic rings. The number of nitrogens with zero attached hydrogens (tertiary/aromatic N) is 2. The Morgan fingerprint density at radius 2 is 2.42 bits per heavy atom. The molecule has 2 rings (SSSR count). The molecule has 1 aromatic heterocycles. The SMILES string of the molecule is CCc1cc(CC(NN)C2CCCOC2)n(CC)n1. The van der Waals surface area contributed by atoms with Crippen molar-refractivity contribution < 1.29 is 4.74 Å². The van der Waals surface area contributed by atoms with Gasteiger partial charge in [-0.05, 0) is 38.2 Å². The van der Waals surface area contributed by atoms with E-state index in [9.17, 15) is 0 Å². The van der Waals surface area contributed by atoms with E-state index in [4.69, 9.17) is 10.6 Å². The lowest BCUT2D eigenvalue weighted by atomic mass is 9.91. The Morgan fingerprint density at radius 1 is 1.58 bits per heavy atom. The molecule has 0 spiro atoms. The first kappa shape index (κ1) is 14.5. The fourth-order valence-corrected chi connectivity index (χ4v) is 2.80. The summed E-state index contributed by atoms with van der Waals surface area (Å²) in [6.07, 6.45) is 4.23. The predicted molar refractivity (Wildman–Crippen MR) is 75.6 cm³/mol. The number of hydrogen-bond acceptors (Lipinski definition) is 4. The van der Waals surface area contributed by atoms with Gasteiger partial charge >= 0.3 is 0 Å². The van der Waals surface area contributed by atoms with Crippen LogP contribution in [0, 0.1) is 5.92 Å². The van der Waals surface area contributed by atoms with Crippen LogP contribution >= 0.6 is 0 Å². The van der Waals surface area contributed by atoms with Crippen molar-refractivity contribution in [3.8, 4) is 0 Å². The first-order valence-electron chi connectivity index (χ1n) is 7.37. The highest BCUT2D eigenvalue weighted by atomic mass is 16.5. The average Bonchev–Trinajstić information content (AvgIpc) is 2.87. The van der Waals surface area contributed by atoms with Gasteiger partial charge in [-0.3, -0.25) is 16.0 Å². The normalized spacial score (nSPS) is 21.5. The van der Waals surface area contributed by atoms with Gasteiger partial charge in [0.05, 0.1) is 12.3 Å². The van der Waals surface area contributed by atoms with Crippen LogP contribution in [0.1, 0.15) is 38.1 Å². The molecule has 0 bridgehead atoms. The Hall–Kier alpha value is -0.910. The molecule has 1 aliphatic heterocycles. The number of rotatable bonds is 6. The smallest absolute Gasteiger partial charge is 0.0624 e. The summed E-state index contributed by atoms with van der Waals surface area (Å²) in [5.41, 5.74) is 5.41. The summed E-state index contributed by atoms with van der Waals surface area (Å²) < 4.78 is 7.66. The van der Waals surface area contributed by atoms with E-state index in [0.29, 0.717) is 5.92 Å². The van der Waals surface area contributed by atoms with Crippen LogP contribution in [0.15, 0.2) is 6.07 Å². The Labute approximate surface area is 115 Å². The van der Waals surface area contributed by atoms with Crippen molar-refractivity contribution in [1.29, 1.82) is 0 Å². The molecule has 1 aliphatic rings. The van der Waals surface area contributed by atoms with Crippen LogP contribution in [-0.2, 0) is 24.1 Å². The summed E-state index contributed by atoms with van der Waals surface area (Å²) >= 11 is 0. The van der Waals surface area contributed by atoms with E-state index in [1.807, 2.05) is 0 Å². The highest BCUT2D eigenvalue weighted by molar-refractivity contribution is 5.12. The number of hydrazine groups is 1. The fraction of sp³-hybridized carbons (Fsp3) is 0.786. The molecular weight excluding hydrogens is 240 g/mol. The van der Waals surface area contributed by atoms with E-state index >= 15 is 0 Å². The van der Waals surface area contributed by atoms with Gasteiger partial charge in [0.25, 0.3) is 0 Å². The quantitative estimate of drug-likeness (QED) is 0.601. The van der Waals surface area contributed by atoms with Crippen LogP contribution in [0.4, 0.5) is 0 Å². The molecule has 0 saturated carbocycles. The molecule has 1 fully saturated rings. The molecule has 2 heterocycles. The lowest BCUT2D eigenvalue weighted by Gasteiger charge is -2.29. The van der Waals surface area contributed by atoms with Crippen LogP contribution in [0.3, 0.4) is 0 Å². The lowest BCUT2D eigenvalue weighted by molar-refractivity contribution is 0.0390. The summed E-state index contributed by atoms with van der Waals surface area (Å²) in [7, 11) is 0. The van der Waals surface area contributed by atoms with E-state index in [2.05, 4.69) is 35.1 Å². The van der Waals surface area contributed by atoms with Crippen molar-refractivity contribution in [3.63, 3.8) is 0 Å². The molecule has 0 amide bonds. The highest BCUT2D eigenvalue weighted by Gasteiger charge is 2.24. The maximum absolute atomic E-state index is 5.75. The molecule has 0 aromatic carbocycles. The predicted octanol–water partition coefficient (Wildman–Crippen LogP) is 1.27. The van der Waals surface area contributed by atoms with Crippen molar-refractivity contribution in [2.75, 3.05) is 13.2 Å². The van der Waals surface area contributed by atoms with Gasteiger partial charge in [0.1, 0.15) is 0 Å². The van der Waals surface area contributed by atoms with E-state index < -0.39 is 0 Å². The minimum absolute atomic E-state index is 0.270. The number of nitrogens with one attached hydrogen (secondary N) is 1. The Balaban J connectivity index is 2.06. The number of aromatic nitrogens is 2. The monoisotopic (exact) mass is 266 g/mol. The van der Waals surface area contributed by atoms with Crippen LogP contribution in [-0.4, -0.2) is 29.0 Å². The van der Waals surface area contributed by atoms with E-state index in [0.717, 1.165) is 44.7 Å². The molecule has 0 radical (unpaired) electrons. The van der Waals surface area contributed by atoms with Crippen molar-refractivity contribution in [2.45, 2.75) is 52.1 Å². The topological polar surface area (TPSA) is 65.1 Å². The molecule has 2 atom stereocenters. The Bertz CT molecular complexity index is 385. The third kappa shape index (κ3) is 3.55. The number of hydrogen-bond donors (Lipinski definition) is 2. The molecular formula is C14H26N4O. The first-order chi connectivity index (χ1) is 9.28. The van der Waals surface area contributed by atoms with Gasteiger partial charge in [0.2, 0.25) is 0 Å². The second kappa shape index (κ2) is 7.03. The molecule has 2 unspecified atom stereocenters. The maximum Gasteiger partial charge on any atom is 0.0624 e. The minimum Gasteiger partial charge on any atom is -0.381 e. The summed E-state index contributed by atoms with van der Waals surface area (Å²) in [5, 5.41) is 4.60. The zero-order valence-corrected chi connectivity index (χ0v) is 12.1. The Morgan fingerprint density at radius 3 is 3.00 bits per heavy atom. The molecule has 3 N–H and O–H groups in total. The minimum atomic E-state index is 0.270. The second-order valence-electron chi connectivity index (χ2n) is 5.25. The third-order valence-electron chi connectivity index (χ3n) is 3.98. The number of nitrogens with two attached hydrogens (primary N) is 1. The van der Waals surface area contributed by atoms with Gasteiger partial charge < -0.3 is 4.74 Å². The molecule has 0 aliphatic carbocycles. The number of aryl methyl sites for hydroxylation is 2. The highest BCUT2D eigenvalue weighted by Crippen LogP contribution is 2.20. The van der Waals surface area contributed by atoms with E-state index in [1.54, 1.807) is 0 Å². The van der Waals surface area contributed by atoms with Gasteiger partial charge in [-0.25, -0.2) is 0 Å². The standard InChI is InChI=1S/C14H26N4O/c1-3-12-8-13(18(4-2)17-12)9-14(16-15)11-6-5-7-19-10-11/h8,11,14,16H,3-7,9-10,15H2,1-2H3. The second-order valence-corrected chi connectivity index (χ2v) is 5.25. The third-order valence-corrected chi connectivity index (χ3v) is 3.98. The zero-order valence-electron chi connectivity index (χ0n) is 12.1. The Kier molecular flexibility index (Phi) is 5.36. The van der Waals surface area contributed by atoms with Crippen molar-refractivity contribution in [1.82, 2.24) is 15.2 Å². The van der Waals surface area contributed by atoms with Crippen LogP contribution in [0.2, 0.25) is 0 Å². The summed E-state index contributed by atoms with van der Waals surface area (Å²) in [6.45, 7) is 6.88. The van der Waals surface area contributed by atoms with Gasteiger partial charge in [0.15, 0.2) is 0 Å². The average molecular weight is 266 g/mol. The molecule has 5 nitrogen and oxygen atoms in total. The van der Waals surface area contributed by atoms with Crippen LogP contribution in [0.25, 0.3) is 0 Å². The van der Waals surface area contributed by atoms with Gasteiger partial charge in [0, 0.05) is 31.3 Å². The maximum atomic E-state index is 5.75. The van der Waals surface area contributed by atoms with Crippen LogP contribution < -0.4 is 11.3 Å². The van der Waals surface area contributed by atoms with E-state index in [-0.39, 0.29) is 6.04 Å². The number of ether oxygens (including phenoxy) is 1. The largest absolute Gasteiger partial charge is 0.381 e. The van der Waals surface area contributed by atoms with Crippen molar-refractivity contribution >= 4 is 0 Å². The van der Waals surface area contributed by atoms with Crippen molar-refractivity contribution in [3.05, 3.63) is 17.5 Å². The molecule has 5 heteroatoms. The summed E-state index contributed by atoms with van der Waals surface area (Å²) in [6, 6.07) is 2.48. The summed E-state index contributed by atoms with van der Waals surface area (Å²) in [4.78, 5) is 0. The van der Waals surface area contributed by atoms with Gasteiger partial charge in [-0.15, -0.1) is 0 Å². The van der Waals surface area contributed by atoms with Crippen molar-refractivity contribution in [2.24, 2.45) is 11.8 Å². The zero-order chi connectivity index (χ0) is 13.7.